The number of aliphatic hydroxyl groups is 2. The van der Waals surface area contributed by atoms with Crippen molar-refractivity contribution in [1.29, 1.82) is 0 Å². The molecule has 0 aliphatic carbocycles. The Kier molecular flexibility index (Phi) is 18.1. The first kappa shape index (κ1) is 52.7. The Bertz CT molecular complexity index is 1530. The minimum absolute atomic E-state index is 0.0161. The van der Waals surface area contributed by atoms with Crippen molar-refractivity contribution in [2.75, 3.05) is 27.8 Å². The van der Waals surface area contributed by atoms with E-state index in [2.05, 4.69) is 6.58 Å². The van der Waals surface area contributed by atoms with Gasteiger partial charge in [-0.15, -0.1) is 6.58 Å². The van der Waals surface area contributed by atoms with Gasteiger partial charge in [0.15, 0.2) is 36.2 Å². The van der Waals surface area contributed by atoms with Crippen molar-refractivity contribution in [3.63, 3.8) is 0 Å². The van der Waals surface area contributed by atoms with Crippen LogP contribution < -0.4 is 0 Å². The van der Waals surface area contributed by atoms with Crippen LogP contribution in [0.15, 0.2) is 12.7 Å². The number of nitrogens with zero attached hydrogens (tertiary/aromatic N) is 1. The fourth-order valence-corrected chi connectivity index (χ4v) is 9.49. The summed E-state index contributed by atoms with van der Waals surface area (Å²) >= 11 is 0. The Morgan fingerprint density at radius 2 is 1.54 bits per heavy atom. The highest BCUT2D eigenvalue weighted by Crippen LogP contribution is 2.44. The molecule has 0 radical (unpaired) electrons. The van der Waals surface area contributed by atoms with Gasteiger partial charge in [0.05, 0.1) is 54.7 Å². The van der Waals surface area contributed by atoms with E-state index in [-0.39, 0.29) is 19.4 Å². The molecule has 0 saturated carbocycles. The predicted octanol–water partition coefficient (Wildman–Crippen LogP) is 4.23. The molecule has 61 heavy (non-hydrogen) atoms. The van der Waals surface area contributed by atoms with Gasteiger partial charge in [0.25, 0.3) is 0 Å². The van der Waals surface area contributed by atoms with Crippen LogP contribution in [-0.2, 0) is 61.8 Å². The molecule has 352 valence electrons. The fourth-order valence-electron chi connectivity index (χ4n) is 9.49. The van der Waals surface area contributed by atoms with Gasteiger partial charge in [-0.2, -0.15) is 0 Å². The number of Topliss-reactive ketones (excluding diaryl/α,β-unsaturated/α-hetero) is 1. The molecule has 3 aliphatic rings. The lowest BCUT2D eigenvalue weighted by Crippen LogP contribution is -2.63. The Morgan fingerprint density at radius 3 is 2.07 bits per heavy atom. The summed E-state index contributed by atoms with van der Waals surface area (Å²) in [6.45, 7) is 21.5. The maximum atomic E-state index is 17.5. The number of carbonyl (C=O) groups excluding carboxylic acids is 4. The molecule has 0 spiro atoms. The molecule has 3 rings (SSSR count). The first-order valence-corrected chi connectivity index (χ1v) is 21.4. The SMILES string of the molecule is C=CCO[C@]1(C)C[C@](C)(F)C(=O)[C@H](C)[C@@H](O)[C@](C)(O)[C@@H](CC)OC(=O)[C@H](C)[C@@H](OC2C[C@@](C)(OC)[C@@H](OC(C)=O)[C@H](C)O2)[C@H](C)[C@H]1O[C@@H]1O[C@H](C)C[C@H](N(C)C)[C@H]1OC(C)=O. The van der Waals surface area contributed by atoms with E-state index in [4.69, 9.17) is 42.6 Å². The molecule has 3 fully saturated rings. The summed E-state index contributed by atoms with van der Waals surface area (Å²) in [5.41, 5.74) is -7.84. The van der Waals surface area contributed by atoms with Crippen LogP contribution in [0.2, 0.25) is 0 Å². The number of ketones is 1. The van der Waals surface area contributed by atoms with Crippen LogP contribution >= 0.6 is 0 Å². The largest absolute Gasteiger partial charge is 0.459 e. The molecule has 3 aliphatic heterocycles. The third-order valence-electron chi connectivity index (χ3n) is 12.8. The van der Waals surface area contributed by atoms with Gasteiger partial charge in [0.2, 0.25) is 0 Å². The van der Waals surface area contributed by atoms with Gasteiger partial charge in [0, 0.05) is 45.6 Å². The Hall–Kier alpha value is -2.61. The third-order valence-corrected chi connectivity index (χ3v) is 12.8. The molecule has 18 atom stereocenters. The van der Waals surface area contributed by atoms with Crippen LogP contribution in [0.5, 0.6) is 0 Å². The number of aliphatic hydroxyl groups excluding tert-OH is 1. The summed E-state index contributed by atoms with van der Waals surface area (Å²) in [4.78, 5) is 55.3. The number of cyclic esters (lactones) is 1. The molecule has 2 N–H and O–H groups in total. The van der Waals surface area contributed by atoms with Crippen molar-refractivity contribution in [3.05, 3.63) is 12.7 Å². The van der Waals surface area contributed by atoms with Gasteiger partial charge < -0.3 is 57.7 Å². The molecule has 0 aromatic carbocycles. The van der Waals surface area contributed by atoms with Crippen molar-refractivity contribution in [2.45, 2.75) is 199 Å². The van der Waals surface area contributed by atoms with Gasteiger partial charge in [-0.05, 0) is 75.4 Å². The van der Waals surface area contributed by atoms with Crippen LogP contribution in [0.3, 0.4) is 0 Å². The van der Waals surface area contributed by atoms with Crippen molar-refractivity contribution in [1.82, 2.24) is 4.90 Å². The quantitative estimate of drug-likeness (QED) is 0.161. The normalized spacial score (nSPS) is 44.4. The second kappa shape index (κ2) is 20.9. The fraction of sp³-hybridized carbons (Fsp3) is 0.864. The molecule has 0 amide bonds. The summed E-state index contributed by atoms with van der Waals surface area (Å²) < 4.78 is 73.8. The zero-order valence-electron chi connectivity index (χ0n) is 38.9. The number of carbonyl (C=O) groups is 4. The molecule has 1 unspecified atom stereocenters. The summed E-state index contributed by atoms with van der Waals surface area (Å²) in [5, 5.41) is 23.3. The zero-order valence-corrected chi connectivity index (χ0v) is 38.9. The second-order valence-electron chi connectivity index (χ2n) is 18.4. The molecular formula is C44H74FNO15. The van der Waals surface area contributed by atoms with Crippen LogP contribution in [0.1, 0.15) is 109 Å². The zero-order chi connectivity index (χ0) is 46.6. The summed E-state index contributed by atoms with van der Waals surface area (Å²) in [6.07, 6.45) is -9.89. The van der Waals surface area contributed by atoms with E-state index in [0.29, 0.717) is 6.42 Å². The lowest BCUT2D eigenvalue weighted by molar-refractivity contribution is -0.322. The molecule has 17 heteroatoms. The van der Waals surface area contributed by atoms with Gasteiger partial charge in [-0.1, -0.05) is 26.8 Å². The van der Waals surface area contributed by atoms with Crippen LogP contribution in [0, 0.1) is 17.8 Å². The Labute approximate surface area is 361 Å². The second-order valence-corrected chi connectivity index (χ2v) is 18.4. The highest BCUT2D eigenvalue weighted by Gasteiger charge is 2.57. The average molecular weight is 876 g/mol. The Morgan fingerprint density at radius 1 is 0.934 bits per heavy atom. The van der Waals surface area contributed by atoms with E-state index >= 15 is 4.39 Å². The number of esters is 3. The van der Waals surface area contributed by atoms with Crippen molar-refractivity contribution in [3.8, 4) is 0 Å². The lowest BCUT2D eigenvalue weighted by atomic mass is 9.72. The summed E-state index contributed by atoms with van der Waals surface area (Å²) in [5.74, 6) is -6.68. The van der Waals surface area contributed by atoms with Crippen molar-refractivity contribution in [2.24, 2.45) is 17.8 Å². The maximum absolute atomic E-state index is 17.5. The molecule has 0 bridgehead atoms. The molecule has 3 saturated heterocycles. The smallest absolute Gasteiger partial charge is 0.311 e. The van der Waals surface area contributed by atoms with Gasteiger partial charge >= 0.3 is 17.9 Å². The van der Waals surface area contributed by atoms with Crippen LogP contribution in [0.4, 0.5) is 4.39 Å². The summed E-state index contributed by atoms with van der Waals surface area (Å²) in [6, 6.07) is -0.393. The average Bonchev–Trinajstić information content (AvgIpc) is 3.16. The molecule has 16 nitrogen and oxygen atoms in total. The monoisotopic (exact) mass is 876 g/mol. The van der Waals surface area contributed by atoms with E-state index in [1.807, 2.05) is 25.9 Å². The lowest BCUT2D eigenvalue weighted by Gasteiger charge is -2.51. The van der Waals surface area contributed by atoms with Gasteiger partial charge in [-0.25, -0.2) is 4.39 Å². The standard InChI is InChI=1S/C44H74FNO15/c1-17-19-54-43(12)22-41(10,45)35(49)26(6)36(50)44(13,52)31(18-2)59-39(51)25(5)33(60-32-21-42(11,53-16)38(27(7)56-32)58-29(9)48)24(4)37(43)61-40-34(57-28(8)47)30(46(14)15)20-23(3)55-40/h17,23-27,30-34,36-38,40,50,52H,1,18-22H2,2-16H3/t23-,24+,25-,26+,27+,30+,31-,32?,33+,34-,36-,37-,38+,40+,41+,42-,43-,44-/m1/s1. The van der Waals surface area contributed by atoms with Crippen LogP contribution in [0.25, 0.3) is 0 Å². The molecule has 0 aromatic rings. The topological polar surface area (TPSA) is 195 Å². The number of halogens is 1. The molecular weight excluding hydrogens is 801 g/mol. The number of methoxy groups -OCH3 is 1. The number of hydrogen-bond donors (Lipinski definition) is 2. The van der Waals surface area contributed by atoms with Gasteiger partial charge in [-0.3, -0.25) is 19.2 Å². The van der Waals surface area contributed by atoms with Crippen molar-refractivity contribution >= 4 is 23.7 Å². The number of rotatable bonds is 12. The molecule has 0 aromatic heterocycles. The third kappa shape index (κ3) is 12.1. The van der Waals surface area contributed by atoms with E-state index in [0.717, 1.165) is 6.92 Å². The number of likely N-dealkylation sites (N-methyl/N-ethyl adjacent to an activating group) is 1. The first-order valence-electron chi connectivity index (χ1n) is 21.4. The minimum Gasteiger partial charge on any atom is -0.459 e. The summed E-state index contributed by atoms with van der Waals surface area (Å²) in [7, 11) is 5.13. The predicted molar refractivity (Wildman–Crippen MR) is 220 cm³/mol. The van der Waals surface area contributed by atoms with Crippen LogP contribution in [-0.4, -0.2) is 157 Å². The maximum Gasteiger partial charge on any atom is 0.311 e. The number of hydrogen-bond acceptors (Lipinski definition) is 16. The number of alkyl halides is 1. The van der Waals surface area contributed by atoms with E-state index in [9.17, 15) is 29.4 Å². The minimum atomic E-state index is -2.73. The van der Waals surface area contributed by atoms with Gasteiger partial charge in [0.1, 0.15) is 17.3 Å². The van der Waals surface area contributed by atoms with E-state index in [1.54, 1.807) is 41.5 Å². The van der Waals surface area contributed by atoms with E-state index in [1.165, 1.54) is 40.9 Å². The molecule has 3 heterocycles. The van der Waals surface area contributed by atoms with E-state index < -0.39 is 138 Å². The van der Waals surface area contributed by atoms with Crippen molar-refractivity contribution < 1.29 is 76.4 Å². The number of ether oxygens (including phenoxy) is 9. The highest BCUT2D eigenvalue weighted by molar-refractivity contribution is 5.89. The first-order chi connectivity index (χ1) is 28.1. The Balaban J connectivity index is 2.37. The highest BCUT2D eigenvalue weighted by atomic mass is 19.1.